The molecule has 0 saturated carbocycles. The fourth-order valence-corrected chi connectivity index (χ4v) is 2.72. The summed E-state index contributed by atoms with van der Waals surface area (Å²) in [5.41, 5.74) is 3.48. The van der Waals surface area contributed by atoms with Crippen LogP contribution in [0.1, 0.15) is 46.8 Å². The Morgan fingerprint density at radius 3 is 2.64 bits per heavy atom. The van der Waals surface area contributed by atoms with E-state index < -0.39 is 0 Å². The molecule has 1 unspecified atom stereocenters. The molecule has 0 aliphatic rings. The second kappa shape index (κ2) is 9.18. The third kappa shape index (κ3) is 5.57. The monoisotopic (exact) mass is 342 g/mol. The molecule has 0 saturated heterocycles. The van der Waals surface area contributed by atoms with Crippen LogP contribution in [0.3, 0.4) is 0 Å². The van der Waals surface area contributed by atoms with E-state index in [-0.39, 0.29) is 18.6 Å². The number of benzene rings is 1. The second-order valence-electron chi connectivity index (χ2n) is 6.33. The van der Waals surface area contributed by atoms with E-state index in [0.717, 1.165) is 28.9 Å². The van der Waals surface area contributed by atoms with Crippen LogP contribution in [0, 0.1) is 13.8 Å². The van der Waals surface area contributed by atoms with Crippen molar-refractivity contribution in [2.24, 2.45) is 0 Å². The first-order valence-electron chi connectivity index (χ1n) is 8.56. The molecule has 0 spiro atoms. The summed E-state index contributed by atoms with van der Waals surface area (Å²) in [4.78, 5) is 16.5. The van der Waals surface area contributed by atoms with Crippen LogP contribution in [0.4, 0.5) is 0 Å². The third-order valence-electron chi connectivity index (χ3n) is 4.00. The Morgan fingerprint density at radius 1 is 1.32 bits per heavy atom. The van der Waals surface area contributed by atoms with Crippen LogP contribution >= 0.6 is 0 Å². The van der Waals surface area contributed by atoms with Crippen molar-refractivity contribution >= 4 is 5.91 Å². The summed E-state index contributed by atoms with van der Waals surface area (Å²) in [7, 11) is 0. The average Bonchev–Trinajstić information content (AvgIpc) is 2.60. The van der Waals surface area contributed by atoms with Gasteiger partial charge in [-0.3, -0.25) is 9.78 Å². The Kier molecular flexibility index (Phi) is 6.95. The van der Waals surface area contributed by atoms with Gasteiger partial charge in [0.05, 0.1) is 0 Å². The van der Waals surface area contributed by atoms with Crippen LogP contribution in [0.5, 0.6) is 5.75 Å². The molecule has 0 aliphatic carbocycles. The number of carbonyl (C=O) groups is 1. The van der Waals surface area contributed by atoms with E-state index in [4.69, 9.17) is 9.84 Å². The lowest BCUT2D eigenvalue weighted by Gasteiger charge is -2.16. The van der Waals surface area contributed by atoms with Gasteiger partial charge in [-0.25, -0.2) is 0 Å². The minimum absolute atomic E-state index is 0.0294. The van der Waals surface area contributed by atoms with E-state index in [1.165, 1.54) is 0 Å². The van der Waals surface area contributed by atoms with Gasteiger partial charge >= 0.3 is 0 Å². The molecular weight excluding hydrogens is 316 g/mol. The Morgan fingerprint density at radius 2 is 2.04 bits per heavy atom. The highest BCUT2D eigenvalue weighted by Crippen LogP contribution is 2.26. The number of aliphatic hydroxyl groups excluding tert-OH is 1. The van der Waals surface area contributed by atoms with E-state index in [0.29, 0.717) is 18.6 Å². The number of aliphatic hydroxyl groups is 1. The SMILES string of the molecule is Cc1cc(C(=O)NC(C)CCCO)cc(C)c1OCc1cccnc1. The van der Waals surface area contributed by atoms with Crippen molar-refractivity contribution in [3.63, 3.8) is 0 Å². The quantitative estimate of drug-likeness (QED) is 0.773. The van der Waals surface area contributed by atoms with E-state index in [1.54, 1.807) is 12.4 Å². The Balaban J connectivity index is 2.04. The summed E-state index contributed by atoms with van der Waals surface area (Å²) in [6.07, 6.45) is 4.95. The summed E-state index contributed by atoms with van der Waals surface area (Å²) >= 11 is 0. The molecule has 1 atom stereocenters. The van der Waals surface area contributed by atoms with Crippen LogP contribution in [0.2, 0.25) is 0 Å². The van der Waals surface area contributed by atoms with E-state index in [2.05, 4.69) is 10.3 Å². The predicted octanol–water partition coefficient (Wildman–Crippen LogP) is 3.17. The number of nitrogens with one attached hydrogen (secondary N) is 1. The summed E-state index contributed by atoms with van der Waals surface area (Å²) in [5, 5.41) is 11.8. The second-order valence-corrected chi connectivity index (χ2v) is 6.33. The number of amides is 1. The highest BCUT2D eigenvalue weighted by atomic mass is 16.5. The summed E-state index contributed by atoms with van der Waals surface area (Å²) in [5.74, 6) is 0.698. The molecule has 2 aromatic rings. The molecule has 5 heteroatoms. The lowest BCUT2D eigenvalue weighted by atomic mass is 10.0. The summed E-state index contributed by atoms with van der Waals surface area (Å²) in [6, 6.07) is 7.57. The van der Waals surface area contributed by atoms with Crippen molar-refractivity contribution in [1.82, 2.24) is 10.3 Å². The van der Waals surface area contributed by atoms with Crippen LogP contribution in [0.25, 0.3) is 0 Å². The predicted molar refractivity (Wildman–Crippen MR) is 97.7 cm³/mol. The molecule has 25 heavy (non-hydrogen) atoms. The van der Waals surface area contributed by atoms with Gasteiger partial charge < -0.3 is 15.2 Å². The first kappa shape index (κ1) is 18.9. The van der Waals surface area contributed by atoms with Gasteiger partial charge in [0.1, 0.15) is 12.4 Å². The number of nitrogens with zero attached hydrogens (tertiary/aromatic N) is 1. The van der Waals surface area contributed by atoms with Gasteiger partial charge in [0, 0.05) is 36.2 Å². The van der Waals surface area contributed by atoms with Crippen LogP contribution < -0.4 is 10.1 Å². The lowest BCUT2D eigenvalue weighted by Crippen LogP contribution is -2.32. The number of ether oxygens (including phenoxy) is 1. The number of rotatable bonds is 8. The zero-order valence-electron chi connectivity index (χ0n) is 15.1. The molecule has 1 heterocycles. The van der Waals surface area contributed by atoms with Crippen molar-refractivity contribution in [1.29, 1.82) is 0 Å². The fraction of sp³-hybridized carbons (Fsp3) is 0.400. The minimum atomic E-state index is -0.101. The number of aromatic nitrogens is 1. The van der Waals surface area contributed by atoms with Gasteiger partial charge in [-0.05, 0) is 62.9 Å². The Labute approximate surface area is 149 Å². The zero-order valence-corrected chi connectivity index (χ0v) is 15.1. The molecule has 2 rings (SSSR count). The number of carbonyl (C=O) groups excluding carboxylic acids is 1. The molecule has 0 bridgehead atoms. The standard InChI is InChI=1S/C20H26N2O3/c1-14-10-18(20(24)22-16(3)6-5-9-23)11-15(2)19(14)25-13-17-7-4-8-21-12-17/h4,7-8,10-12,16,23H,5-6,9,13H2,1-3H3,(H,22,24). The zero-order chi connectivity index (χ0) is 18.2. The summed E-state index contributed by atoms with van der Waals surface area (Å²) < 4.78 is 5.92. The average molecular weight is 342 g/mol. The number of aryl methyl sites for hydroxylation is 2. The van der Waals surface area contributed by atoms with Gasteiger partial charge in [0.15, 0.2) is 0 Å². The highest BCUT2D eigenvalue weighted by molar-refractivity contribution is 5.95. The Bertz CT molecular complexity index is 678. The minimum Gasteiger partial charge on any atom is -0.488 e. The molecule has 0 aliphatic heterocycles. The van der Waals surface area contributed by atoms with Gasteiger partial charge in [0.2, 0.25) is 0 Å². The van der Waals surface area contributed by atoms with Crippen molar-refractivity contribution in [2.75, 3.05) is 6.61 Å². The topological polar surface area (TPSA) is 71.5 Å². The van der Waals surface area contributed by atoms with Crippen LogP contribution in [-0.2, 0) is 6.61 Å². The number of hydrogen-bond donors (Lipinski definition) is 2. The number of pyridine rings is 1. The lowest BCUT2D eigenvalue weighted by molar-refractivity contribution is 0.0936. The molecule has 2 N–H and O–H groups in total. The van der Waals surface area contributed by atoms with Gasteiger partial charge in [0.25, 0.3) is 5.91 Å². The maximum atomic E-state index is 12.4. The van der Waals surface area contributed by atoms with Gasteiger partial charge in [-0.15, -0.1) is 0 Å². The van der Waals surface area contributed by atoms with Crippen LogP contribution in [-0.4, -0.2) is 28.6 Å². The van der Waals surface area contributed by atoms with Crippen molar-refractivity contribution in [3.05, 3.63) is 58.9 Å². The third-order valence-corrected chi connectivity index (χ3v) is 4.00. The molecule has 1 aromatic heterocycles. The molecule has 134 valence electrons. The van der Waals surface area contributed by atoms with E-state index in [9.17, 15) is 4.79 Å². The maximum Gasteiger partial charge on any atom is 0.251 e. The molecule has 0 radical (unpaired) electrons. The molecule has 1 aromatic carbocycles. The molecule has 0 fully saturated rings. The molecule has 1 amide bonds. The van der Waals surface area contributed by atoms with Crippen molar-refractivity contribution in [2.45, 2.75) is 46.3 Å². The van der Waals surface area contributed by atoms with Crippen molar-refractivity contribution in [3.8, 4) is 5.75 Å². The summed E-state index contributed by atoms with van der Waals surface area (Å²) in [6.45, 7) is 6.41. The van der Waals surface area contributed by atoms with E-state index >= 15 is 0 Å². The molecular formula is C20H26N2O3. The maximum absolute atomic E-state index is 12.4. The van der Waals surface area contributed by atoms with Gasteiger partial charge in [-0.2, -0.15) is 0 Å². The van der Waals surface area contributed by atoms with Crippen LogP contribution in [0.15, 0.2) is 36.7 Å². The van der Waals surface area contributed by atoms with Gasteiger partial charge in [-0.1, -0.05) is 6.07 Å². The largest absolute Gasteiger partial charge is 0.488 e. The normalized spacial score (nSPS) is 11.8. The van der Waals surface area contributed by atoms with E-state index in [1.807, 2.05) is 45.0 Å². The first-order valence-corrected chi connectivity index (χ1v) is 8.56. The smallest absolute Gasteiger partial charge is 0.251 e. The Hall–Kier alpha value is -2.40. The fourth-order valence-electron chi connectivity index (χ4n) is 2.72. The first-order chi connectivity index (χ1) is 12.0. The van der Waals surface area contributed by atoms with Crippen molar-refractivity contribution < 1.29 is 14.6 Å². The molecule has 5 nitrogen and oxygen atoms in total. The number of hydrogen-bond acceptors (Lipinski definition) is 4. The highest BCUT2D eigenvalue weighted by Gasteiger charge is 2.14.